The maximum absolute atomic E-state index is 14.0. The van der Waals surface area contributed by atoms with Crippen LogP contribution in [0.2, 0.25) is 51.4 Å². The van der Waals surface area contributed by atoms with Crippen molar-refractivity contribution < 1.29 is 73.9 Å². The van der Waals surface area contributed by atoms with Crippen LogP contribution < -0.4 is 33.2 Å². The number of hydrogen-bond acceptors (Lipinski definition) is 16. The Morgan fingerprint density at radius 1 is 0.504 bits per heavy atom. The fourth-order valence-corrected chi connectivity index (χ4v) is 18.5. The van der Waals surface area contributed by atoms with E-state index in [0.29, 0.717) is 74.6 Å². The molecule has 21 heteroatoms. The van der Waals surface area contributed by atoms with Crippen molar-refractivity contribution in [3.8, 4) is 46.0 Å². The van der Waals surface area contributed by atoms with Crippen LogP contribution in [0.3, 0.4) is 0 Å². The molecule has 0 spiro atoms. The van der Waals surface area contributed by atoms with E-state index < -0.39 is 41.5 Å². The van der Waals surface area contributed by atoms with E-state index in [1.165, 1.54) is 23.2 Å². The van der Waals surface area contributed by atoms with Gasteiger partial charge in [-0.05, 0) is 280 Å². The van der Waals surface area contributed by atoms with Crippen LogP contribution in [-0.2, 0) is 52.3 Å². The molecule has 0 amide bonds. The number of unbranched alkanes of at least 4 members (excludes halogenated alkanes) is 2. The highest BCUT2D eigenvalue weighted by atomic mass is 32.2. The molecule has 0 aliphatic carbocycles. The first-order valence-electron chi connectivity index (χ1n) is 40.0. The monoisotopic (exact) mass is 1630 g/mol. The fraction of sp³-hybridized carbons (Fsp3) is 0.435. The minimum atomic E-state index is -4.12. The van der Waals surface area contributed by atoms with Gasteiger partial charge in [0.1, 0.15) is 51.8 Å². The molecule has 8 rings (SSSR count). The molecule has 4 unspecified atom stereocenters. The second-order valence-electron chi connectivity index (χ2n) is 32.4. The number of rotatable bonds is 52. The molecule has 8 aromatic carbocycles. The van der Waals surface area contributed by atoms with Crippen LogP contribution in [0.15, 0.2) is 216 Å². The lowest BCUT2D eigenvalue weighted by Gasteiger charge is -2.29. The van der Waals surface area contributed by atoms with Gasteiger partial charge in [0.2, 0.25) is 9.84 Å². The predicted molar refractivity (Wildman–Crippen MR) is 464 cm³/mol. The predicted octanol–water partition coefficient (Wildman–Crippen LogP) is 23.8. The summed E-state index contributed by atoms with van der Waals surface area (Å²) in [4.78, 5) is 0.289. The van der Waals surface area contributed by atoms with Crippen molar-refractivity contribution in [1.82, 2.24) is 0 Å². The molecule has 113 heavy (non-hydrogen) atoms. The first-order chi connectivity index (χ1) is 54.0. The number of sulfone groups is 1. The SMILES string of the molecule is C=CC(=CC)OCCCCCOc1ccc(C(C)(C)c2ccc(Oc3ccc(S(=O)(=O)c4ccc(OC)cc4)cc3)c(CCC(CC(C)c3cccc(OCCCS(=O)(=O)O)c3)c3cccc(OCCC[Si](C)(C)C)c3)c2)cc1CCC(CC(C)c1cccc(OCCCSOOO)c1)c1cccc(OCCC[Si](C)(C)C)c1. The van der Waals surface area contributed by atoms with Crippen molar-refractivity contribution in [2.45, 2.75) is 208 Å². The van der Waals surface area contributed by atoms with Crippen molar-refractivity contribution in [1.29, 1.82) is 0 Å². The molecule has 0 aliphatic rings. The zero-order valence-electron chi connectivity index (χ0n) is 68.6. The second kappa shape index (κ2) is 44.9. The van der Waals surface area contributed by atoms with Gasteiger partial charge >= 0.3 is 0 Å². The summed E-state index contributed by atoms with van der Waals surface area (Å²) in [5.41, 5.74) is 8.36. The van der Waals surface area contributed by atoms with Gasteiger partial charge in [-0.2, -0.15) is 8.42 Å². The number of methoxy groups -OCH3 is 1. The Morgan fingerprint density at radius 3 is 1.40 bits per heavy atom. The molecule has 0 radical (unpaired) electrons. The fourth-order valence-electron chi connectivity index (χ4n) is 14.0. The van der Waals surface area contributed by atoms with Gasteiger partial charge in [-0.25, -0.2) is 13.7 Å². The Labute approximate surface area is 681 Å². The average molecular weight is 1640 g/mol. The minimum Gasteiger partial charge on any atom is -0.497 e. The van der Waals surface area contributed by atoms with E-state index in [1.54, 1.807) is 61.7 Å². The zero-order valence-corrected chi connectivity index (χ0v) is 73.0. The molecular weight excluding hydrogens is 1510 g/mol. The summed E-state index contributed by atoms with van der Waals surface area (Å²) in [5, 5.41) is 12.3. The normalized spacial score (nSPS) is 13.3. The van der Waals surface area contributed by atoms with E-state index in [4.69, 9.17) is 43.2 Å². The van der Waals surface area contributed by atoms with Crippen molar-refractivity contribution in [2.24, 2.45) is 0 Å². The van der Waals surface area contributed by atoms with E-state index >= 15 is 0 Å². The van der Waals surface area contributed by atoms with Crippen molar-refractivity contribution in [3.05, 3.63) is 251 Å². The lowest BCUT2D eigenvalue weighted by atomic mass is 9.76. The highest BCUT2D eigenvalue weighted by Crippen LogP contribution is 2.43. The Balaban J connectivity index is 1.17. The highest BCUT2D eigenvalue weighted by Gasteiger charge is 2.29. The van der Waals surface area contributed by atoms with Gasteiger partial charge in [0.05, 0.1) is 62.3 Å². The molecule has 612 valence electrons. The van der Waals surface area contributed by atoms with Gasteiger partial charge in [0.25, 0.3) is 10.1 Å². The van der Waals surface area contributed by atoms with E-state index in [1.807, 2.05) is 43.3 Å². The van der Waals surface area contributed by atoms with Crippen molar-refractivity contribution in [2.75, 3.05) is 58.3 Å². The van der Waals surface area contributed by atoms with E-state index in [9.17, 15) is 21.4 Å². The first-order valence-corrected chi connectivity index (χ1v) is 51.4. The standard InChI is InChI=1S/C92H122O16S3Si2/c1-14-81(15-2)100-51-17-16-18-52-105-90-49-39-79(63-77(90)37-35-75(73-29-21-33-86(67-73)103-55-25-59-112(8,9)10)61-69(3)71-27-19-31-84(65-71)101-53-23-57-109-108-107-93)92(5,6)80-40-50-91(106-83-43-47-89(48-44-83)111(97,98)88-45-41-82(99-7)42-46-88)78(64-80)38-36-76(74-30-22-34-87(68-74)104-56-26-60-113(11,12)13)62-70(4)72-28-20-32-85(66-72)102-54-24-58-110(94,95)96/h14-15,19-22,27-34,39-50,63-70,75-76,93H,1,16-18,23-26,35-38,51-62H2,2-13H3,(H,94,95,96). The molecule has 0 saturated heterocycles. The topological polar surface area (TPSA) is 201 Å². The highest BCUT2D eigenvalue weighted by molar-refractivity contribution is 7.94. The average Bonchev–Trinajstić information content (AvgIpc) is 0.780. The summed E-state index contributed by atoms with van der Waals surface area (Å²) in [5.74, 6) is 7.00. The summed E-state index contributed by atoms with van der Waals surface area (Å²) in [7, 11) is -8.99. The largest absolute Gasteiger partial charge is 0.497 e. The lowest BCUT2D eigenvalue weighted by Crippen LogP contribution is -2.20. The smallest absolute Gasteiger partial charge is 0.264 e. The summed E-state index contributed by atoms with van der Waals surface area (Å²) in [6.07, 6.45) is 13.7. The third-order valence-corrected chi connectivity index (χ3v) is 27.5. The molecule has 0 fully saturated rings. The van der Waals surface area contributed by atoms with E-state index in [2.05, 4.69) is 186 Å². The minimum absolute atomic E-state index is 0.0185. The number of hydrogen-bond donors (Lipinski definition) is 2. The first kappa shape index (κ1) is 90.7. The van der Waals surface area contributed by atoms with Crippen LogP contribution in [0.1, 0.15) is 173 Å². The van der Waals surface area contributed by atoms with Crippen LogP contribution in [0.25, 0.3) is 0 Å². The summed E-state index contributed by atoms with van der Waals surface area (Å²) >= 11 is 1.02. The number of aryl methyl sites for hydroxylation is 2. The molecule has 0 aromatic heterocycles. The lowest BCUT2D eigenvalue weighted by molar-refractivity contribution is -0.432. The molecule has 0 aliphatic heterocycles. The Kier molecular flexibility index (Phi) is 36.0. The van der Waals surface area contributed by atoms with Crippen molar-refractivity contribution in [3.63, 3.8) is 0 Å². The van der Waals surface area contributed by atoms with Crippen LogP contribution >= 0.6 is 12.0 Å². The van der Waals surface area contributed by atoms with Gasteiger partial charge in [-0.15, -0.1) is 4.33 Å². The molecule has 0 bridgehead atoms. The maximum Gasteiger partial charge on any atom is 0.264 e. The number of ether oxygens (including phenoxy) is 8. The van der Waals surface area contributed by atoms with Gasteiger partial charge in [-0.3, -0.25) is 4.55 Å². The van der Waals surface area contributed by atoms with E-state index in [-0.39, 0.29) is 52.2 Å². The molecule has 0 saturated carbocycles. The van der Waals surface area contributed by atoms with Gasteiger partial charge in [-0.1, -0.05) is 163 Å². The van der Waals surface area contributed by atoms with E-state index in [0.717, 1.165) is 138 Å². The third kappa shape index (κ3) is 30.7. The van der Waals surface area contributed by atoms with Gasteiger partial charge in [0.15, 0.2) is 0 Å². The summed E-state index contributed by atoms with van der Waals surface area (Å²) < 4.78 is 116. The molecule has 8 aromatic rings. The van der Waals surface area contributed by atoms with Crippen LogP contribution in [0.5, 0.6) is 46.0 Å². The Bertz CT molecular complexity index is 4500. The van der Waals surface area contributed by atoms with Gasteiger partial charge in [0, 0.05) is 39.4 Å². The quantitative estimate of drug-likeness (QED) is 0.00532. The second-order valence-corrected chi connectivity index (χ2v) is 47.9. The number of benzene rings is 8. The van der Waals surface area contributed by atoms with Crippen LogP contribution in [0.4, 0.5) is 0 Å². The zero-order chi connectivity index (χ0) is 81.4. The van der Waals surface area contributed by atoms with Crippen LogP contribution in [-0.4, -0.2) is 101 Å². The maximum atomic E-state index is 14.0. The molecule has 4 atom stereocenters. The molecular formula is C92H122O16S3Si2. The van der Waals surface area contributed by atoms with Crippen LogP contribution in [0, 0.1) is 0 Å². The summed E-state index contributed by atoms with van der Waals surface area (Å²) in [6.45, 7) is 32.3. The molecule has 16 nitrogen and oxygen atoms in total. The Hall–Kier alpha value is -7.84. The molecule has 0 heterocycles. The Morgan fingerprint density at radius 2 is 0.938 bits per heavy atom. The van der Waals surface area contributed by atoms with Gasteiger partial charge < -0.3 is 37.9 Å². The molecule has 2 N–H and O–H groups in total. The number of allylic oxidation sites excluding steroid dienone is 2. The van der Waals surface area contributed by atoms with Crippen molar-refractivity contribution >= 4 is 48.1 Å². The summed E-state index contributed by atoms with van der Waals surface area (Å²) in [6, 6.07) is 62.2. The third-order valence-electron chi connectivity index (χ3n) is 20.6.